The van der Waals surface area contributed by atoms with Crippen molar-refractivity contribution < 1.29 is 0 Å². The quantitative estimate of drug-likeness (QED) is 0.744. The number of nitrogens with zero attached hydrogens (tertiary/aromatic N) is 2. The molecule has 0 amide bonds. The molecule has 1 rings (SSSR count). The van der Waals surface area contributed by atoms with Crippen LogP contribution in [0.25, 0.3) is 0 Å². The highest BCUT2D eigenvalue weighted by molar-refractivity contribution is 5.03. The molecule has 1 aromatic heterocycles. The fourth-order valence-electron chi connectivity index (χ4n) is 1.77. The van der Waals surface area contributed by atoms with E-state index in [2.05, 4.69) is 30.5 Å². The zero-order chi connectivity index (χ0) is 11.1. The zero-order valence-corrected chi connectivity index (χ0v) is 10.2. The lowest BCUT2D eigenvalue weighted by atomic mass is 9.98. The maximum Gasteiger partial charge on any atom is 0.0521 e. The van der Waals surface area contributed by atoms with Gasteiger partial charge in [-0.1, -0.05) is 20.3 Å². The van der Waals surface area contributed by atoms with Crippen LogP contribution in [0.1, 0.15) is 32.3 Å². The SMILES string of the molecule is CCNCC(CC)CCc1cnn(C)c1. The highest BCUT2D eigenvalue weighted by Gasteiger charge is 2.06. The molecule has 0 aliphatic heterocycles. The minimum atomic E-state index is 0.796. The third kappa shape index (κ3) is 4.47. The Bertz CT molecular complexity index is 268. The summed E-state index contributed by atoms with van der Waals surface area (Å²) in [6, 6.07) is 0. The van der Waals surface area contributed by atoms with Crippen LogP contribution in [0.4, 0.5) is 0 Å². The van der Waals surface area contributed by atoms with Gasteiger partial charge in [0.2, 0.25) is 0 Å². The Morgan fingerprint density at radius 2 is 2.27 bits per heavy atom. The van der Waals surface area contributed by atoms with Crippen molar-refractivity contribution >= 4 is 0 Å². The summed E-state index contributed by atoms with van der Waals surface area (Å²) in [6.07, 6.45) is 7.75. The number of aromatic nitrogens is 2. The largest absolute Gasteiger partial charge is 0.317 e. The molecule has 1 heterocycles. The second-order valence-corrected chi connectivity index (χ2v) is 4.14. The Hall–Kier alpha value is -0.830. The van der Waals surface area contributed by atoms with Crippen molar-refractivity contribution in [1.29, 1.82) is 0 Å². The average Bonchev–Trinajstić information content (AvgIpc) is 2.65. The molecule has 0 spiro atoms. The van der Waals surface area contributed by atoms with E-state index in [-0.39, 0.29) is 0 Å². The summed E-state index contributed by atoms with van der Waals surface area (Å²) < 4.78 is 1.88. The molecule has 86 valence electrons. The Balaban J connectivity index is 2.27. The van der Waals surface area contributed by atoms with Crippen LogP contribution in [-0.4, -0.2) is 22.9 Å². The second kappa shape index (κ2) is 6.62. The molecule has 0 aromatic carbocycles. The van der Waals surface area contributed by atoms with Crippen LogP contribution < -0.4 is 5.32 Å². The van der Waals surface area contributed by atoms with E-state index in [1.165, 1.54) is 18.4 Å². The maximum atomic E-state index is 4.18. The Labute approximate surface area is 92.9 Å². The first-order valence-corrected chi connectivity index (χ1v) is 5.94. The topological polar surface area (TPSA) is 29.9 Å². The predicted molar refractivity (Wildman–Crippen MR) is 63.9 cm³/mol. The van der Waals surface area contributed by atoms with Crippen molar-refractivity contribution in [2.75, 3.05) is 13.1 Å². The highest BCUT2D eigenvalue weighted by atomic mass is 15.2. The number of aryl methyl sites for hydroxylation is 2. The molecule has 0 saturated carbocycles. The lowest BCUT2D eigenvalue weighted by Crippen LogP contribution is -2.22. The summed E-state index contributed by atoms with van der Waals surface area (Å²) >= 11 is 0. The van der Waals surface area contributed by atoms with Gasteiger partial charge in [0.05, 0.1) is 6.20 Å². The van der Waals surface area contributed by atoms with Crippen molar-refractivity contribution in [3.05, 3.63) is 18.0 Å². The van der Waals surface area contributed by atoms with Crippen molar-refractivity contribution in [1.82, 2.24) is 15.1 Å². The summed E-state index contributed by atoms with van der Waals surface area (Å²) in [4.78, 5) is 0. The summed E-state index contributed by atoms with van der Waals surface area (Å²) in [5, 5.41) is 7.60. The van der Waals surface area contributed by atoms with Gasteiger partial charge in [-0.25, -0.2) is 0 Å². The van der Waals surface area contributed by atoms with Gasteiger partial charge >= 0.3 is 0 Å². The van der Waals surface area contributed by atoms with Gasteiger partial charge in [-0.15, -0.1) is 0 Å². The summed E-state index contributed by atoms with van der Waals surface area (Å²) in [5.41, 5.74) is 1.35. The van der Waals surface area contributed by atoms with Crippen molar-refractivity contribution in [2.24, 2.45) is 13.0 Å². The van der Waals surface area contributed by atoms with Crippen LogP contribution in [0, 0.1) is 5.92 Å². The lowest BCUT2D eigenvalue weighted by Gasteiger charge is -2.14. The van der Waals surface area contributed by atoms with E-state index in [1.54, 1.807) is 0 Å². The van der Waals surface area contributed by atoms with Crippen LogP contribution in [0.5, 0.6) is 0 Å². The number of hydrogen-bond acceptors (Lipinski definition) is 2. The first-order valence-electron chi connectivity index (χ1n) is 5.94. The zero-order valence-electron chi connectivity index (χ0n) is 10.2. The van der Waals surface area contributed by atoms with Crippen LogP contribution in [0.2, 0.25) is 0 Å². The molecule has 0 saturated heterocycles. The molecular formula is C12H23N3. The van der Waals surface area contributed by atoms with Gasteiger partial charge in [0.1, 0.15) is 0 Å². The van der Waals surface area contributed by atoms with Crippen molar-refractivity contribution in [3.63, 3.8) is 0 Å². The number of hydrogen-bond donors (Lipinski definition) is 1. The molecule has 0 radical (unpaired) electrons. The number of rotatable bonds is 7. The Kier molecular flexibility index (Phi) is 5.40. The first-order chi connectivity index (χ1) is 7.26. The normalized spacial score (nSPS) is 13.0. The van der Waals surface area contributed by atoms with Gasteiger partial charge < -0.3 is 5.32 Å². The minimum Gasteiger partial charge on any atom is -0.317 e. The van der Waals surface area contributed by atoms with E-state index in [4.69, 9.17) is 0 Å². The van der Waals surface area contributed by atoms with E-state index in [0.29, 0.717) is 0 Å². The molecule has 15 heavy (non-hydrogen) atoms. The molecule has 1 N–H and O–H groups in total. The van der Waals surface area contributed by atoms with Gasteiger partial charge in [-0.05, 0) is 37.4 Å². The van der Waals surface area contributed by atoms with Crippen LogP contribution >= 0.6 is 0 Å². The first kappa shape index (κ1) is 12.2. The Morgan fingerprint density at radius 1 is 1.47 bits per heavy atom. The fourth-order valence-corrected chi connectivity index (χ4v) is 1.77. The molecule has 1 atom stereocenters. The third-order valence-corrected chi connectivity index (χ3v) is 2.86. The third-order valence-electron chi connectivity index (χ3n) is 2.86. The summed E-state index contributed by atoms with van der Waals surface area (Å²) in [5.74, 6) is 0.796. The molecule has 3 heteroatoms. The van der Waals surface area contributed by atoms with E-state index < -0.39 is 0 Å². The van der Waals surface area contributed by atoms with E-state index >= 15 is 0 Å². The fraction of sp³-hybridized carbons (Fsp3) is 0.750. The van der Waals surface area contributed by atoms with E-state index in [1.807, 2.05) is 17.9 Å². The molecule has 0 fully saturated rings. The summed E-state index contributed by atoms with van der Waals surface area (Å²) in [6.45, 7) is 6.65. The van der Waals surface area contributed by atoms with Crippen LogP contribution in [0.15, 0.2) is 12.4 Å². The average molecular weight is 209 g/mol. The Morgan fingerprint density at radius 3 is 2.80 bits per heavy atom. The molecule has 0 bridgehead atoms. The van der Waals surface area contributed by atoms with Gasteiger partial charge in [0, 0.05) is 13.2 Å². The minimum absolute atomic E-state index is 0.796. The molecule has 3 nitrogen and oxygen atoms in total. The standard InChI is InChI=1S/C12H23N3/c1-4-11(8-13-5-2)6-7-12-9-14-15(3)10-12/h9-11,13H,4-8H2,1-3H3. The molecule has 0 aliphatic rings. The smallest absolute Gasteiger partial charge is 0.0521 e. The van der Waals surface area contributed by atoms with Crippen molar-refractivity contribution in [2.45, 2.75) is 33.1 Å². The van der Waals surface area contributed by atoms with Gasteiger partial charge in [-0.3, -0.25) is 4.68 Å². The molecule has 0 aliphatic carbocycles. The van der Waals surface area contributed by atoms with Crippen LogP contribution in [-0.2, 0) is 13.5 Å². The highest BCUT2D eigenvalue weighted by Crippen LogP contribution is 2.11. The monoisotopic (exact) mass is 209 g/mol. The predicted octanol–water partition coefficient (Wildman–Crippen LogP) is 1.99. The molecular weight excluding hydrogens is 186 g/mol. The molecule has 1 unspecified atom stereocenters. The maximum absolute atomic E-state index is 4.18. The molecule has 1 aromatic rings. The van der Waals surface area contributed by atoms with Gasteiger partial charge in [0.25, 0.3) is 0 Å². The van der Waals surface area contributed by atoms with E-state index in [9.17, 15) is 0 Å². The number of nitrogens with one attached hydrogen (secondary N) is 1. The van der Waals surface area contributed by atoms with E-state index in [0.717, 1.165) is 25.4 Å². The van der Waals surface area contributed by atoms with Gasteiger partial charge in [-0.2, -0.15) is 5.10 Å². The van der Waals surface area contributed by atoms with Crippen LogP contribution in [0.3, 0.4) is 0 Å². The van der Waals surface area contributed by atoms with Gasteiger partial charge in [0.15, 0.2) is 0 Å². The lowest BCUT2D eigenvalue weighted by molar-refractivity contribution is 0.439. The second-order valence-electron chi connectivity index (χ2n) is 4.14. The van der Waals surface area contributed by atoms with Crippen molar-refractivity contribution in [3.8, 4) is 0 Å². The summed E-state index contributed by atoms with van der Waals surface area (Å²) in [7, 11) is 1.97.